The third-order valence-electron chi connectivity index (χ3n) is 4.67. The number of rotatable bonds is 10. The van der Waals surface area contributed by atoms with Gasteiger partial charge >= 0.3 is 0 Å². The molecule has 0 saturated carbocycles. The van der Waals surface area contributed by atoms with Gasteiger partial charge in [0, 0.05) is 38.1 Å². The fourth-order valence-corrected chi connectivity index (χ4v) is 3.10. The highest BCUT2D eigenvalue weighted by atomic mass is 127. The van der Waals surface area contributed by atoms with E-state index in [2.05, 4.69) is 38.9 Å². The van der Waals surface area contributed by atoms with Crippen LogP contribution in [-0.4, -0.2) is 43.0 Å². The van der Waals surface area contributed by atoms with Gasteiger partial charge in [0.2, 0.25) is 0 Å². The Hall–Kier alpha value is -2.59. The second-order valence-corrected chi connectivity index (χ2v) is 6.69. The topological polar surface area (TPSA) is 72.7 Å². The van der Waals surface area contributed by atoms with Gasteiger partial charge in [-0.05, 0) is 23.3 Å². The Labute approximate surface area is 200 Å². The van der Waals surface area contributed by atoms with Gasteiger partial charge in [0.1, 0.15) is 5.75 Å². The minimum Gasteiger partial charge on any atom is -0.496 e. The molecular formula is C23H30IN5O2. The van der Waals surface area contributed by atoms with Gasteiger partial charge in [-0.1, -0.05) is 42.5 Å². The molecule has 0 atom stereocenters. The third kappa shape index (κ3) is 7.87. The number of ether oxygens (including phenoxy) is 2. The molecule has 0 fully saturated rings. The zero-order valence-corrected chi connectivity index (χ0v) is 20.3. The molecule has 0 aliphatic carbocycles. The molecule has 7 nitrogen and oxygen atoms in total. The number of halogens is 1. The van der Waals surface area contributed by atoms with E-state index < -0.39 is 0 Å². The number of para-hydroxylation sites is 1. The van der Waals surface area contributed by atoms with Crippen molar-refractivity contribution in [2.45, 2.75) is 19.7 Å². The third-order valence-corrected chi connectivity index (χ3v) is 4.67. The van der Waals surface area contributed by atoms with Gasteiger partial charge < -0.3 is 20.1 Å². The van der Waals surface area contributed by atoms with E-state index in [0.29, 0.717) is 26.3 Å². The van der Waals surface area contributed by atoms with Crippen LogP contribution in [0.15, 0.2) is 72.0 Å². The number of guanidine groups is 1. The highest BCUT2D eigenvalue weighted by molar-refractivity contribution is 14.0. The number of aliphatic imine (C=N–C) groups is 1. The van der Waals surface area contributed by atoms with Crippen LogP contribution in [0.4, 0.5) is 0 Å². The first-order chi connectivity index (χ1) is 14.8. The predicted octanol–water partition coefficient (Wildman–Crippen LogP) is 3.44. The van der Waals surface area contributed by atoms with Gasteiger partial charge in [0.05, 0.1) is 26.9 Å². The summed E-state index contributed by atoms with van der Waals surface area (Å²) < 4.78 is 13.0. The van der Waals surface area contributed by atoms with E-state index in [1.807, 2.05) is 47.3 Å². The molecule has 0 aliphatic rings. The van der Waals surface area contributed by atoms with Crippen LogP contribution in [0, 0.1) is 0 Å². The monoisotopic (exact) mass is 535 g/mol. The molecule has 2 aromatic carbocycles. The van der Waals surface area contributed by atoms with Crippen LogP contribution in [0.2, 0.25) is 0 Å². The largest absolute Gasteiger partial charge is 0.496 e. The van der Waals surface area contributed by atoms with Crippen LogP contribution >= 0.6 is 24.0 Å². The molecule has 3 rings (SSSR count). The summed E-state index contributed by atoms with van der Waals surface area (Å²) in [6.45, 7) is 3.16. The molecular weight excluding hydrogens is 505 g/mol. The van der Waals surface area contributed by atoms with Crippen molar-refractivity contribution in [3.63, 3.8) is 0 Å². The molecule has 0 saturated heterocycles. The molecule has 1 heterocycles. The average molecular weight is 535 g/mol. The van der Waals surface area contributed by atoms with Crippen molar-refractivity contribution < 1.29 is 9.47 Å². The Kier molecular flexibility index (Phi) is 10.9. The lowest BCUT2D eigenvalue weighted by molar-refractivity contribution is 0.123. The Morgan fingerprint density at radius 3 is 2.45 bits per heavy atom. The molecule has 0 spiro atoms. The van der Waals surface area contributed by atoms with E-state index in [0.717, 1.165) is 23.8 Å². The van der Waals surface area contributed by atoms with Crippen LogP contribution in [0.5, 0.6) is 5.75 Å². The number of benzene rings is 2. The first-order valence-corrected chi connectivity index (χ1v) is 9.98. The number of methoxy groups -OCH3 is 1. The molecule has 0 amide bonds. The number of hydrogen-bond acceptors (Lipinski definition) is 4. The van der Waals surface area contributed by atoms with Crippen LogP contribution in [-0.2, 0) is 24.4 Å². The molecule has 166 valence electrons. The average Bonchev–Trinajstić information content (AvgIpc) is 3.30. The lowest BCUT2D eigenvalue weighted by Gasteiger charge is -2.15. The zero-order valence-electron chi connectivity index (χ0n) is 18.0. The Balaban J connectivity index is 0.00000341. The minimum absolute atomic E-state index is 0. The molecule has 3 aromatic rings. The highest BCUT2D eigenvalue weighted by Gasteiger charge is 2.05. The standard InChI is InChI=1S/C23H29N5O2.HI/c1-24-23(25-13-15-30-18-21-10-5-6-11-22(21)29-2)26-16-19-8-3-4-9-20(19)17-28-14-7-12-27-28;/h3-12,14H,13,15-18H2,1-2H3,(H2,24,25,26);1H. The van der Waals surface area contributed by atoms with Crippen LogP contribution in [0.1, 0.15) is 16.7 Å². The van der Waals surface area contributed by atoms with Crippen molar-refractivity contribution in [1.29, 1.82) is 0 Å². The Bertz CT molecular complexity index is 931. The summed E-state index contributed by atoms with van der Waals surface area (Å²) in [6.07, 6.45) is 3.76. The smallest absolute Gasteiger partial charge is 0.191 e. The van der Waals surface area contributed by atoms with Crippen molar-refractivity contribution in [2.75, 3.05) is 27.3 Å². The number of aromatic nitrogens is 2. The molecule has 0 radical (unpaired) electrons. The number of nitrogens with one attached hydrogen (secondary N) is 2. The van der Waals surface area contributed by atoms with Crippen molar-refractivity contribution >= 4 is 29.9 Å². The zero-order chi connectivity index (χ0) is 21.0. The molecule has 0 unspecified atom stereocenters. The minimum atomic E-state index is 0. The normalized spacial score (nSPS) is 11.0. The Morgan fingerprint density at radius 2 is 1.74 bits per heavy atom. The number of hydrogen-bond donors (Lipinski definition) is 2. The molecule has 1 aromatic heterocycles. The SMILES string of the molecule is CN=C(NCCOCc1ccccc1OC)NCc1ccccc1Cn1cccn1.I. The predicted molar refractivity (Wildman–Crippen MR) is 134 cm³/mol. The quantitative estimate of drug-likeness (QED) is 0.180. The van der Waals surface area contributed by atoms with Crippen LogP contribution in [0.25, 0.3) is 0 Å². The lowest BCUT2D eigenvalue weighted by atomic mass is 10.1. The summed E-state index contributed by atoms with van der Waals surface area (Å²) in [7, 11) is 3.43. The van der Waals surface area contributed by atoms with Crippen molar-refractivity contribution in [2.24, 2.45) is 4.99 Å². The van der Waals surface area contributed by atoms with Crippen LogP contribution in [0.3, 0.4) is 0 Å². The van der Waals surface area contributed by atoms with E-state index >= 15 is 0 Å². The lowest BCUT2D eigenvalue weighted by Crippen LogP contribution is -2.38. The maximum absolute atomic E-state index is 5.76. The maximum atomic E-state index is 5.76. The Morgan fingerprint density at radius 1 is 1.00 bits per heavy atom. The van der Waals surface area contributed by atoms with Crippen molar-refractivity contribution in [3.05, 3.63) is 83.7 Å². The van der Waals surface area contributed by atoms with E-state index in [9.17, 15) is 0 Å². The van der Waals surface area contributed by atoms with E-state index in [4.69, 9.17) is 9.47 Å². The first-order valence-electron chi connectivity index (χ1n) is 9.98. The summed E-state index contributed by atoms with van der Waals surface area (Å²) in [6, 6.07) is 18.2. The second kappa shape index (κ2) is 13.7. The van der Waals surface area contributed by atoms with Crippen molar-refractivity contribution in [1.82, 2.24) is 20.4 Å². The fraction of sp³-hybridized carbons (Fsp3) is 0.304. The fourth-order valence-electron chi connectivity index (χ4n) is 3.10. The number of nitrogens with zero attached hydrogens (tertiary/aromatic N) is 3. The van der Waals surface area contributed by atoms with Gasteiger partial charge in [-0.15, -0.1) is 24.0 Å². The molecule has 2 N–H and O–H groups in total. The first kappa shape index (κ1) is 24.7. The summed E-state index contributed by atoms with van der Waals surface area (Å²) in [5, 5.41) is 10.9. The van der Waals surface area contributed by atoms with Gasteiger partial charge in [-0.25, -0.2) is 0 Å². The van der Waals surface area contributed by atoms with Gasteiger partial charge in [-0.3, -0.25) is 9.67 Å². The maximum Gasteiger partial charge on any atom is 0.191 e. The van der Waals surface area contributed by atoms with Crippen LogP contribution < -0.4 is 15.4 Å². The van der Waals surface area contributed by atoms with Gasteiger partial charge in [0.25, 0.3) is 0 Å². The van der Waals surface area contributed by atoms with E-state index in [1.54, 1.807) is 20.4 Å². The molecule has 8 heteroatoms. The highest BCUT2D eigenvalue weighted by Crippen LogP contribution is 2.17. The van der Waals surface area contributed by atoms with E-state index in [1.165, 1.54) is 11.1 Å². The summed E-state index contributed by atoms with van der Waals surface area (Å²) in [5.41, 5.74) is 3.48. The molecule has 31 heavy (non-hydrogen) atoms. The second-order valence-electron chi connectivity index (χ2n) is 6.69. The van der Waals surface area contributed by atoms with Gasteiger partial charge in [-0.2, -0.15) is 5.10 Å². The summed E-state index contributed by atoms with van der Waals surface area (Å²) >= 11 is 0. The molecule has 0 aliphatic heterocycles. The molecule has 0 bridgehead atoms. The summed E-state index contributed by atoms with van der Waals surface area (Å²) in [5.74, 6) is 1.58. The van der Waals surface area contributed by atoms with Crippen molar-refractivity contribution in [3.8, 4) is 5.75 Å². The van der Waals surface area contributed by atoms with E-state index in [-0.39, 0.29) is 24.0 Å². The summed E-state index contributed by atoms with van der Waals surface area (Å²) in [4.78, 5) is 4.29. The van der Waals surface area contributed by atoms with Gasteiger partial charge in [0.15, 0.2) is 5.96 Å².